The van der Waals surface area contributed by atoms with Gasteiger partial charge in [-0.05, 0) is 44.4 Å². The monoisotopic (exact) mass is 378 g/mol. The van der Waals surface area contributed by atoms with E-state index in [1.807, 2.05) is 6.92 Å². The van der Waals surface area contributed by atoms with Gasteiger partial charge in [0.25, 0.3) is 0 Å². The van der Waals surface area contributed by atoms with Crippen LogP contribution >= 0.6 is 0 Å². The Kier molecular flexibility index (Phi) is 3.40. The van der Waals surface area contributed by atoms with Gasteiger partial charge in [0.1, 0.15) is 0 Å². The van der Waals surface area contributed by atoms with Gasteiger partial charge in [-0.25, -0.2) is 4.90 Å². The first-order valence-corrected chi connectivity index (χ1v) is 8.63. The first kappa shape index (κ1) is 18.0. The number of halogens is 3. The highest BCUT2D eigenvalue weighted by molar-refractivity contribution is 6.23. The number of carbonyl (C=O) groups excluding carboxylic acids is 2. The Morgan fingerprint density at radius 1 is 1.22 bits per heavy atom. The molecule has 0 spiro atoms. The van der Waals surface area contributed by atoms with E-state index in [0.29, 0.717) is 12.5 Å². The van der Waals surface area contributed by atoms with Crippen molar-refractivity contribution in [3.63, 3.8) is 0 Å². The maximum absolute atomic E-state index is 13.3. The highest BCUT2D eigenvalue weighted by Gasteiger charge is 2.74. The molecule has 5 atom stereocenters. The fourth-order valence-corrected chi connectivity index (χ4v) is 5.14. The van der Waals surface area contributed by atoms with Crippen molar-refractivity contribution < 1.29 is 27.5 Å². The summed E-state index contributed by atoms with van der Waals surface area (Å²) in [5.41, 5.74) is -3.50. The third-order valence-electron chi connectivity index (χ3n) is 6.41. The molecule has 3 fully saturated rings. The molecule has 3 saturated heterocycles. The predicted octanol–water partition coefficient (Wildman–Crippen LogP) is 3.27. The standard InChI is InChI=1S/C19H17F3N2O3/c1-9-7-17(2)13-14(18(9,3)27-17)16(26)24(15(13)25)11-5-4-10(8-23)12(6-11)19(20,21)22/h4-6,9,13-14H,7H2,1-3H3/t9?,13-,14+,17?,18?/m1/s1. The summed E-state index contributed by atoms with van der Waals surface area (Å²) in [7, 11) is 0. The number of anilines is 1. The van der Waals surface area contributed by atoms with Gasteiger partial charge >= 0.3 is 6.18 Å². The van der Waals surface area contributed by atoms with Crippen molar-refractivity contribution in [3.8, 4) is 6.07 Å². The summed E-state index contributed by atoms with van der Waals surface area (Å²) in [5, 5.41) is 8.93. The summed E-state index contributed by atoms with van der Waals surface area (Å²) < 4.78 is 45.9. The zero-order chi connectivity index (χ0) is 19.9. The van der Waals surface area contributed by atoms with Crippen molar-refractivity contribution in [1.82, 2.24) is 0 Å². The lowest BCUT2D eigenvalue weighted by atomic mass is 9.64. The van der Waals surface area contributed by atoms with Crippen LogP contribution in [0.3, 0.4) is 0 Å². The average molecular weight is 378 g/mol. The first-order chi connectivity index (χ1) is 12.4. The van der Waals surface area contributed by atoms with Gasteiger partial charge in [0.15, 0.2) is 0 Å². The van der Waals surface area contributed by atoms with Gasteiger partial charge in [0.2, 0.25) is 11.8 Å². The van der Waals surface area contributed by atoms with Gasteiger partial charge in [0.05, 0.1) is 45.9 Å². The van der Waals surface area contributed by atoms with Crippen LogP contribution in [0.25, 0.3) is 0 Å². The van der Waals surface area contributed by atoms with Crippen LogP contribution in [0, 0.1) is 29.1 Å². The van der Waals surface area contributed by atoms with Crippen LogP contribution in [0.2, 0.25) is 0 Å². The second-order valence-corrected chi connectivity index (χ2v) is 8.01. The zero-order valence-electron chi connectivity index (χ0n) is 14.9. The molecule has 0 aromatic heterocycles. The number of hydrogen-bond acceptors (Lipinski definition) is 4. The van der Waals surface area contributed by atoms with Gasteiger partial charge in [-0.1, -0.05) is 6.92 Å². The van der Waals surface area contributed by atoms with Crippen LogP contribution in [-0.4, -0.2) is 23.0 Å². The van der Waals surface area contributed by atoms with E-state index in [4.69, 9.17) is 10.00 Å². The molecule has 142 valence electrons. The molecule has 5 nitrogen and oxygen atoms in total. The van der Waals surface area contributed by atoms with Crippen molar-refractivity contribution >= 4 is 17.5 Å². The van der Waals surface area contributed by atoms with E-state index in [0.717, 1.165) is 11.0 Å². The normalized spacial score (nSPS) is 37.7. The number of alkyl halides is 3. The van der Waals surface area contributed by atoms with Gasteiger partial charge in [-0.15, -0.1) is 0 Å². The number of hydrogen-bond donors (Lipinski definition) is 0. The Hall–Kier alpha value is -2.40. The van der Waals surface area contributed by atoms with Crippen LogP contribution in [-0.2, 0) is 20.5 Å². The molecule has 27 heavy (non-hydrogen) atoms. The Bertz CT molecular complexity index is 922. The Morgan fingerprint density at radius 2 is 1.85 bits per heavy atom. The molecule has 2 amide bonds. The van der Waals surface area contributed by atoms with Crippen molar-refractivity contribution in [2.45, 2.75) is 44.6 Å². The SMILES string of the molecule is CC1CC2(C)OC1(C)[C@@H]1C(=O)N(c3ccc(C#N)c(C(F)(F)F)c3)C(=O)[C@@H]12. The minimum atomic E-state index is -4.77. The van der Waals surface area contributed by atoms with Crippen LogP contribution in [0.5, 0.6) is 0 Å². The van der Waals surface area contributed by atoms with E-state index in [-0.39, 0.29) is 11.6 Å². The molecule has 8 heteroatoms. The molecule has 0 N–H and O–H groups in total. The largest absolute Gasteiger partial charge is 0.417 e. The van der Waals surface area contributed by atoms with E-state index in [9.17, 15) is 22.8 Å². The molecule has 0 aliphatic carbocycles. The second-order valence-electron chi connectivity index (χ2n) is 8.01. The number of fused-ring (bicyclic) bond motifs is 5. The summed E-state index contributed by atoms with van der Waals surface area (Å²) in [6.45, 7) is 5.53. The number of rotatable bonds is 1. The molecule has 3 heterocycles. The minimum Gasteiger partial charge on any atom is -0.367 e. The van der Waals surface area contributed by atoms with Crippen LogP contribution in [0.4, 0.5) is 18.9 Å². The van der Waals surface area contributed by atoms with Gasteiger partial charge in [-0.3, -0.25) is 9.59 Å². The quantitative estimate of drug-likeness (QED) is 0.704. The Morgan fingerprint density at radius 3 is 2.44 bits per heavy atom. The summed E-state index contributed by atoms with van der Waals surface area (Å²) in [5.74, 6) is -2.46. The number of imide groups is 1. The average Bonchev–Trinajstić information content (AvgIpc) is 3.07. The highest BCUT2D eigenvalue weighted by Crippen LogP contribution is 2.63. The van der Waals surface area contributed by atoms with Crippen LogP contribution < -0.4 is 4.90 Å². The Balaban J connectivity index is 1.81. The molecular weight excluding hydrogens is 361 g/mol. The molecule has 4 rings (SSSR count). The van der Waals surface area contributed by atoms with Gasteiger partial charge in [0, 0.05) is 0 Å². The summed E-state index contributed by atoms with van der Waals surface area (Å²) in [4.78, 5) is 26.9. The number of benzene rings is 1. The molecule has 1 aromatic rings. The fourth-order valence-electron chi connectivity index (χ4n) is 5.14. The molecule has 1 aromatic carbocycles. The number of carbonyl (C=O) groups is 2. The molecule has 0 saturated carbocycles. The second kappa shape index (κ2) is 5.10. The number of ether oxygens (including phenoxy) is 1. The predicted molar refractivity (Wildman–Crippen MR) is 87.3 cm³/mol. The highest BCUT2D eigenvalue weighted by atomic mass is 19.4. The number of nitrogens with zero attached hydrogens (tertiary/aromatic N) is 2. The number of amides is 2. The minimum absolute atomic E-state index is 0.0483. The fraction of sp³-hybridized carbons (Fsp3) is 0.526. The third kappa shape index (κ3) is 2.15. The topological polar surface area (TPSA) is 70.4 Å². The lowest BCUT2D eigenvalue weighted by Gasteiger charge is -2.33. The van der Waals surface area contributed by atoms with Crippen molar-refractivity contribution in [3.05, 3.63) is 29.3 Å². The summed E-state index contributed by atoms with van der Waals surface area (Å²) >= 11 is 0. The smallest absolute Gasteiger partial charge is 0.367 e. The van der Waals surface area contributed by atoms with Crippen LogP contribution in [0.1, 0.15) is 38.3 Å². The molecule has 3 aliphatic rings. The molecule has 0 radical (unpaired) electrons. The molecule has 2 bridgehead atoms. The van der Waals surface area contributed by atoms with Crippen molar-refractivity contribution in [2.24, 2.45) is 17.8 Å². The maximum atomic E-state index is 13.3. The van der Waals surface area contributed by atoms with Crippen molar-refractivity contribution in [2.75, 3.05) is 4.90 Å². The first-order valence-electron chi connectivity index (χ1n) is 8.63. The van der Waals surface area contributed by atoms with Crippen LogP contribution in [0.15, 0.2) is 18.2 Å². The lowest BCUT2D eigenvalue weighted by Crippen LogP contribution is -2.45. The van der Waals surface area contributed by atoms with E-state index >= 15 is 0 Å². The molecule has 3 unspecified atom stereocenters. The maximum Gasteiger partial charge on any atom is 0.417 e. The zero-order valence-corrected chi connectivity index (χ0v) is 14.9. The summed E-state index contributed by atoms with van der Waals surface area (Å²) in [6, 6.07) is 4.40. The van der Waals surface area contributed by atoms with Gasteiger partial charge in [-0.2, -0.15) is 18.4 Å². The summed E-state index contributed by atoms with van der Waals surface area (Å²) in [6.07, 6.45) is -4.16. The van der Waals surface area contributed by atoms with E-state index in [2.05, 4.69) is 0 Å². The van der Waals surface area contributed by atoms with E-state index in [1.54, 1.807) is 13.8 Å². The van der Waals surface area contributed by atoms with Crippen molar-refractivity contribution in [1.29, 1.82) is 5.26 Å². The third-order valence-corrected chi connectivity index (χ3v) is 6.41. The van der Waals surface area contributed by atoms with E-state index < -0.39 is 52.2 Å². The number of nitriles is 1. The lowest BCUT2D eigenvalue weighted by molar-refractivity contribution is -0.138. The molecular formula is C19H17F3N2O3. The van der Waals surface area contributed by atoms with Gasteiger partial charge < -0.3 is 4.74 Å². The Labute approximate surface area is 153 Å². The molecule has 3 aliphatic heterocycles. The van der Waals surface area contributed by atoms with E-state index in [1.165, 1.54) is 12.1 Å².